The zero-order chi connectivity index (χ0) is 14.7. The van der Waals surface area contributed by atoms with Gasteiger partial charge in [0.15, 0.2) is 0 Å². The van der Waals surface area contributed by atoms with Crippen molar-refractivity contribution in [1.82, 2.24) is 4.90 Å². The van der Waals surface area contributed by atoms with E-state index in [4.69, 9.17) is 16.7 Å². The fourth-order valence-corrected chi connectivity index (χ4v) is 3.00. The van der Waals surface area contributed by atoms with Gasteiger partial charge in [0.2, 0.25) is 0 Å². The zero-order valence-electron chi connectivity index (χ0n) is 10.9. The smallest absolute Gasteiger partial charge is 0.325 e. The molecule has 1 saturated heterocycles. The monoisotopic (exact) mass is 301 g/mol. The molecule has 1 aromatic rings. The first-order valence-electron chi connectivity index (χ1n) is 6.55. The summed E-state index contributed by atoms with van der Waals surface area (Å²) in [7, 11) is 0. The van der Waals surface area contributed by atoms with Crippen LogP contribution in [0.5, 0.6) is 0 Å². The molecule has 1 fully saturated rings. The molecule has 2 N–H and O–H groups in total. The minimum Gasteiger partial charge on any atom is -0.480 e. The maximum atomic E-state index is 13.1. The Hall–Kier alpha value is -1.17. The lowest BCUT2D eigenvalue weighted by Crippen LogP contribution is -2.32. The van der Waals surface area contributed by atoms with Crippen LogP contribution in [0.4, 0.5) is 4.39 Å². The first kappa shape index (κ1) is 15.2. The summed E-state index contributed by atoms with van der Waals surface area (Å²) in [4.78, 5) is 13.4. The predicted molar refractivity (Wildman–Crippen MR) is 73.2 cm³/mol. The molecule has 110 valence electrons. The van der Waals surface area contributed by atoms with Gasteiger partial charge in [0, 0.05) is 18.2 Å². The molecule has 2 atom stereocenters. The Bertz CT molecular complexity index is 497. The summed E-state index contributed by atoms with van der Waals surface area (Å²) in [6, 6.07) is 2.91. The topological polar surface area (TPSA) is 60.8 Å². The summed E-state index contributed by atoms with van der Waals surface area (Å²) in [5.74, 6) is -1.19. The molecular formula is C14H17ClFNO3. The lowest BCUT2D eigenvalue weighted by atomic mass is 10.0. The van der Waals surface area contributed by atoms with Crippen LogP contribution in [0.2, 0.25) is 5.02 Å². The molecule has 1 aliphatic heterocycles. The van der Waals surface area contributed by atoms with Crippen molar-refractivity contribution < 1.29 is 19.4 Å². The largest absolute Gasteiger partial charge is 0.480 e. The van der Waals surface area contributed by atoms with E-state index < -0.39 is 17.8 Å². The van der Waals surface area contributed by atoms with Gasteiger partial charge >= 0.3 is 5.97 Å². The molecule has 0 amide bonds. The standard InChI is InChI=1S/C14H17ClFNO3/c15-12-7-10(16)1-2-11(12)13(14(19)20)17-5-3-9(8-17)4-6-18/h1-2,7,9,13,18H,3-6,8H2,(H,19,20). The highest BCUT2D eigenvalue weighted by Gasteiger charge is 2.34. The Kier molecular flexibility index (Phi) is 4.96. The van der Waals surface area contributed by atoms with Crippen LogP contribution in [-0.4, -0.2) is 40.8 Å². The molecule has 1 aromatic carbocycles. The first-order chi connectivity index (χ1) is 9.52. The number of likely N-dealkylation sites (tertiary alicyclic amines) is 1. The number of carboxylic acid groups (broad SMARTS) is 1. The van der Waals surface area contributed by atoms with Crippen molar-refractivity contribution in [1.29, 1.82) is 0 Å². The van der Waals surface area contributed by atoms with Gasteiger partial charge in [-0.05, 0) is 43.0 Å². The SMILES string of the molecule is O=C(O)C(c1ccc(F)cc1Cl)N1CCC(CCO)C1. The minimum atomic E-state index is -0.997. The van der Waals surface area contributed by atoms with E-state index in [0.717, 1.165) is 12.5 Å². The molecule has 0 aromatic heterocycles. The third-order valence-electron chi connectivity index (χ3n) is 3.71. The van der Waals surface area contributed by atoms with Gasteiger partial charge in [-0.15, -0.1) is 0 Å². The lowest BCUT2D eigenvalue weighted by molar-refractivity contribution is -0.143. The van der Waals surface area contributed by atoms with Gasteiger partial charge in [-0.2, -0.15) is 0 Å². The van der Waals surface area contributed by atoms with Crippen LogP contribution in [0.3, 0.4) is 0 Å². The maximum absolute atomic E-state index is 13.1. The number of halogens is 2. The maximum Gasteiger partial charge on any atom is 0.325 e. The minimum absolute atomic E-state index is 0.105. The fourth-order valence-electron chi connectivity index (χ4n) is 2.72. The van der Waals surface area contributed by atoms with Crippen molar-refractivity contribution in [2.24, 2.45) is 5.92 Å². The first-order valence-corrected chi connectivity index (χ1v) is 6.93. The van der Waals surface area contributed by atoms with E-state index in [1.54, 1.807) is 0 Å². The Morgan fingerprint density at radius 1 is 1.55 bits per heavy atom. The molecule has 1 heterocycles. The number of benzene rings is 1. The van der Waals surface area contributed by atoms with Crippen molar-refractivity contribution in [3.63, 3.8) is 0 Å². The van der Waals surface area contributed by atoms with E-state index in [2.05, 4.69) is 0 Å². The average Bonchev–Trinajstić information content (AvgIpc) is 2.81. The normalized spacial score (nSPS) is 21.1. The van der Waals surface area contributed by atoms with E-state index in [9.17, 15) is 14.3 Å². The summed E-state index contributed by atoms with van der Waals surface area (Å²) in [6.45, 7) is 1.34. The molecule has 2 unspecified atom stereocenters. The van der Waals surface area contributed by atoms with Gasteiger partial charge in [-0.25, -0.2) is 4.39 Å². The number of nitrogens with zero attached hydrogens (tertiary/aromatic N) is 1. The molecule has 0 spiro atoms. The van der Waals surface area contributed by atoms with Gasteiger partial charge in [0.1, 0.15) is 11.9 Å². The van der Waals surface area contributed by atoms with Crippen molar-refractivity contribution in [3.05, 3.63) is 34.6 Å². The van der Waals surface area contributed by atoms with Crippen LogP contribution in [-0.2, 0) is 4.79 Å². The molecule has 0 bridgehead atoms. The van der Waals surface area contributed by atoms with Crippen LogP contribution in [0.15, 0.2) is 18.2 Å². The molecule has 0 radical (unpaired) electrons. The Labute approximate surface area is 121 Å². The van der Waals surface area contributed by atoms with E-state index in [1.165, 1.54) is 12.1 Å². The second kappa shape index (κ2) is 6.52. The second-order valence-corrected chi connectivity index (χ2v) is 5.48. The van der Waals surface area contributed by atoms with Crippen LogP contribution < -0.4 is 0 Å². The summed E-state index contributed by atoms with van der Waals surface area (Å²) >= 11 is 5.97. The molecule has 6 heteroatoms. The van der Waals surface area contributed by atoms with E-state index >= 15 is 0 Å². The number of aliphatic hydroxyl groups is 1. The van der Waals surface area contributed by atoms with Gasteiger partial charge in [-0.3, -0.25) is 9.69 Å². The number of hydrogen-bond acceptors (Lipinski definition) is 3. The molecule has 2 rings (SSSR count). The Morgan fingerprint density at radius 3 is 2.90 bits per heavy atom. The summed E-state index contributed by atoms with van der Waals surface area (Å²) < 4.78 is 13.1. The Morgan fingerprint density at radius 2 is 2.30 bits per heavy atom. The van der Waals surface area contributed by atoms with Crippen molar-refractivity contribution in [3.8, 4) is 0 Å². The average molecular weight is 302 g/mol. The highest BCUT2D eigenvalue weighted by Crippen LogP contribution is 2.33. The van der Waals surface area contributed by atoms with E-state index in [-0.39, 0.29) is 11.6 Å². The van der Waals surface area contributed by atoms with Crippen molar-refractivity contribution >= 4 is 17.6 Å². The molecule has 4 nitrogen and oxygen atoms in total. The highest BCUT2D eigenvalue weighted by atomic mass is 35.5. The van der Waals surface area contributed by atoms with Crippen LogP contribution >= 0.6 is 11.6 Å². The highest BCUT2D eigenvalue weighted by molar-refractivity contribution is 6.31. The van der Waals surface area contributed by atoms with Crippen LogP contribution in [0.1, 0.15) is 24.4 Å². The van der Waals surface area contributed by atoms with Gasteiger partial charge in [0.05, 0.1) is 0 Å². The Balaban J connectivity index is 2.22. The lowest BCUT2D eigenvalue weighted by Gasteiger charge is -2.25. The van der Waals surface area contributed by atoms with Crippen molar-refractivity contribution in [2.75, 3.05) is 19.7 Å². The number of aliphatic carboxylic acids is 1. The fraction of sp³-hybridized carbons (Fsp3) is 0.500. The number of rotatable bonds is 5. The number of hydrogen-bond donors (Lipinski definition) is 2. The van der Waals surface area contributed by atoms with Gasteiger partial charge < -0.3 is 10.2 Å². The predicted octanol–water partition coefficient (Wildman–Crippen LogP) is 2.31. The molecule has 1 aliphatic rings. The summed E-state index contributed by atoms with van der Waals surface area (Å²) in [6.07, 6.45) is 1.52. The number of carbonyl (C=O) groups is 1. The number of aliphatic hydroxyl groups excluding tert-OH is 1. The molecule has 20 heavy (non-hydrogen) atoms. The molecule has 0 saturated carbocycles. The van der Waals surface area contributed by atoms with E-state index in [1.807, 2.05) is 4.90 Å². The van der Waals surface area contributed by atoms with Crippen LogP contribution in [0, 0.1) is 11.7 Å². The second-order valence-electron chi connectivity index (χ2n) is 5.07. The molecule has 0 aliphatic carbocycles. The quantitative estimate of drug-likeness (QED) is 0.876. The molecular weight excluding hydrogens is 285 g/mol. The summed E-state index contributed by atoms with van der Waals surface area (Å²) in [5, 5.41) is 18.5. The number of carboxylic acids is 1. The third kappa shape index (κ3) is 3.29. The summed E-state index contributed by atoms with van der Waals surface area (Å²) in [5.41, 5.74) is 0.408. The van der Waals surface area contributed by atoms with Gasteiger partial charge in [-0.1, -0.05) is 17.7 Å². The van der Waals surface area contributed by atoms with E-state index in [0.29, 0.717) is 31.0 Å². The van der Waals surface area contributed by atoms with Crippen molar-refractivity contribution in [2.45, 2.75) is 18.9 Å². The van der Waals surface area contributed by atoms with Gasteiger partial charge in [0.25, 0.3) is 0 Å². The zero-order valence-corrected chi connectivity index (χ0v) is 11.7. The van der Waals surface area contributed by atoms with Crippen LogP contribution in [0.25, 0.3) is 0 Å². The third-order valence-corrected chi connectivity index (χ3v) is 4.04.